The number of ether oxygens (including phenoxy) is 3. The van der Waals surface area contributed by atoms with Gasteiger partial charge in [0, 0.05) is 12.8 Å². The molecular weight excluding hydrogens is 344 g/mol. The Labute approximate surface area is 163 Å². The molecule has 0 radical (unpaired) electrons. The van der Waals surface area contributed by atoms with Crippen LogP contribution in [0.15, 0.2) is 18.2 Å². The highest BCUT2D eigenvalue weighted by atomic mass is 16.6. The molecule has 0 aliphatic carbocycles. The zero-order chi connectivity index (χ0) is 19.9. The topological polar surface area (TPSA) is 61.8 Å². The van der Waals surface area contributed by atoms with Gasteiger partial charge >= 0.3 is 11.9 Å². The van der Waals surface area contributed by atoms with Crippen LogP contribution in [0.1, 0.15) is 85.0 Å². The third kappa shape index (κ3) is 9.45. The van der Waals surface area contributed by atoms with Crippen molar-refractivity contribution in [3.63, 3.8) is 0 Å². The molecule has 152 valence electrons. The van der Waals surface area contributed by atoms with Crippen molar-refractivity contribution in [2.24, 2.45) is 0 Å². The highest BCUT2D eigenvalue weighted by Gasteiger charge is 2.17. The molecule has 0 aliphatic heterocycles. The minimum Gasteiger partial charge on any atom is -0.490 e. The molecule has 0 fully saturated rings. The van der Waals surface area contributed by atoms with Crippen molar-refractivity contribution in [3.05, 3.63) is 18.2 Å². The summed E-state index contributed by atoms with van der Waals surface area (Å²) in [6.07, 6.45) is 10.2. The van der Waals surface area contributed by atoms with Gasteiger partial charge in [-0.25, -0.2) is 0 Å². The maximum Gasteiger partial charge on any atom is 0.311 e. The molecule has 0 spiro atoms. The number of para-hydroxylation sites is 1. The number of carbonyl (C=O) groups excluding carboxylic acids is 2. The average Bonchev–Trinajstić information content (AvgIpc) is 2.68. The van der Waals surface area contributed by atoms with Crippen molar-refractivity contribution in [2.45, 2.75) is 85.0 Å². The van der Waals surface area contributed by atoms with Gasteiger partial charge in [0.15, 0.2) is 11.5 Å². The van der Waals surface area contributed by atoms with Crippen LogP contribution in [0.3, 0.4) is 0 Å². The second kappa shape index (κ2) is 14.1. The van der Waals surface area contributed by atoms with Crippen LogP contribution < -0.4 is 14.2 Å². The van der Waals surface area contributed by atoms with E-state index in [-0.39, 0.29) is 30.3 Å². The van der Waals surface area contributed by atoms with E-state index < -0.39 is 5.97 Å². The van der Waals surface area contributed by atoms with Gasteiger partial charge in [-0.15, -0.1) is 0 Å². The lowest BCUT2D eigenvalue weighted by atomic mass is 10.1. The summed E-state index contributed by atoms with van der Waals surface area (Å²) < 4.78 is 16.5. The van der Waals surface area contributed by atoms with Crippen molar-refractivity contribution in [2.75, 3.05) is 6.61 Å². The van der Waals surface area contributed by atoms with Crippen molar-refractivity contribution < 1.29 is 23.8 Å². The van der Waals surface area contributed by atoms with Gasteiger partial charge in [0.05, 0.1) is 6.61 Å². The van der Waals surface area contributed by atoms with Gasteiger partial charge in [-0.1, -0.05) is 71.8 Å². The van der Waals surface area contributed by atoms with E-state index in [0.717, 1.165) is 12.8 Å². The van der Waals surface area contributed by atoms with E-state index in [4.69, 9.17) is 14.2 Å². The fourth-order valence-corrected chi connectivity index (χ4v) is 2.59. The zero-order valence-electron chi connectivity index (χ0n) is 17.1. The van der Waals surface area contributed by atoms with Crippen LogP contribution in [-0.4, -0.2) is 18.5 Å². The third-order valence-electron chi connectivity index (χ3n) is 4.22. The number of esters is 2. The summed E-state index contributed by atoms with van der Waals surface area (Å²) >= 11 is 0. The fraction of sp³-hybridized carbons (Fsp3) is 0.636. The van der Waals surface area contributed by atoms with E-state index in [1.54, 1.807) is 32.0 Å². The monoisotopic (exact) mass is 378 g/mol. The van der Waals surface area contributed by atoms with Crippen LogP contribution in [0.2, 0.25) is 0 Å². The first-order valence-electron chi connectivity index (χ1n) is 10.3. The van der Waals surface area contributed by atoms with Gasteiger partial charge in [0.2, 0.25) is 5.75 Å². The number of rotatable bonds is 14. The molecule has 0 saturated carbocycles. The van der Waals surface area contributed by atoms with E-state index in [9.17, 15) is 9.59 Å². The Bertz CT molecular complexity index is 568. The minimum absolute atomic E-state index is 0.186. The predicted octanol–water partition coefficient (Wildman–Crippen LogP) is 5.84. The zero-order valence-corrected chi connectivity index (χ0v) is 17.1. The Balaban J connectivity index is 2.56. The minimum atomic E-state index is -0.396. The second-order valence-corrected chi connectivity index (χ2v) is 6.56. The van der Waals surface area contributed by atoms with E-state index in [0.29, 0.717) is 12.4 Å². The van der Waals surface area contributed by atoms with Gasteiger partial charge in [-0.05, 0) is 18.6 Å². The molecule has 0 N–H and O–H groups in total. The number of hydrogen-bond donors (Lipinski definition) is 0. The molecule has 0 amide bonds. The van der Waals surface area contributed by atoms with Crippen LogP contribution in [0.5, 0.6) is 17.2 Å². The Morgan fingerprint density at radius 3 is 1.93 bits per heavy atom. The molecule has 1 aromatic carbocycles. The molecule has 5 nitrogen and oxygen atoms in total. The van der Waals surface area contributed by atoms with E-state index in [2.05, 4.69) is 6.92 Å². The normalized spacial score (nSPS) is 10.5. The molecule has 0 aliphatic rings. The molecule has 1 rings (SSSR count). The van der Waals surface area contributed by atoms with Crippen molar-refractivity contribution in [1.82, 2.24) is 0 Å². The summed E-state index contributed by atoms with van der Waals surface area (Å²) in [5, 5.41) is 0. The molecule has 0 heterocycles. The summed E-state index contributed by atoms with van der Waals surface area (Å²) in [5.41, 5.74) is 0. The number of hydrogen-bond acceptors (Lipinski definition) is 5. The van der Waals surface area contributed by atoms with E-state index >= 15 is 0 Å². The second-order valence-electron chi connectivity index (χ2n) is 6.56. The van der Waals surface area contributed by atoms with Gasteiger partial charge in [0.25, 0.3) is 0 Å². The summed E-state index contributed by atoms with van der Waals surface area (Å²) in [6.45, 7) is 6.19. The van der Waals surface area contributed by atoms with Crippen molar-refractivity contribution >= 4 is 11.9 Å². The van der Waals surface area contributed by atoms with Crippen LogP contribution in [-0.2, 0) is 9.59 Å². The van der Waals surface area contributed by atoms with Gasteiger partial charge < -0.3 is 14.2 Å². The van der Waals surface area contributed by atoms with Crippen LogP contribution in [0.25, 0.3) is 0 Å². The highest BCUT2D eigenvalue weighted by molar-refractivity contribution is 5.77. The maximum absolute atomic E-state index is 11.7. The quantitative estimate of drug-likeness (QED) is 0.231. The summed E-state index contributed by atoms with van der Waals surface area (Å²) in [7, 11) is 0. The fourth-order valence-electron chi connectivity index (χ4n) is 2.59. The average molecular weight is 379 g/mol. The lowest BCUT2D eigenvalue weighted by Crippen LogP contribution is -2.12. The molecule has 5 heteroatoms. The molecule has 0 bridgehead atoms. The molecule has 27 heavy (non-hydrogen) atoms. The molecule has 0 saturated heterocycles. The van der Waals surface area contributed by atoms with Gasteiger partial charge in [-0.2, -0.15) is 0 Å². The molecule has 1 aromatic rings. The molecule has 0 unspecified atom stereocenters. The Kier molecular flexibility index (Phi) is 12.0. The predicted molar refractivity (Wildman–Crippen MR) is 106 cm³/mol. The smallest absolute Gasteiger partial charge is 0.311 e. The largest absolute Gasteiger partial charge is 0.490 e. The molecular formula is C22H34O5. The lowest BCUT2D eigenvalue weighted by Gasteiger charge is -2.15. The van der Waals surface area contributed by atoms with Crippen LogP contribution in [0, 0.1) is 0 Å². The van der Waals surface area contributed by atoms with Gasteiger partial charge in [0.1, 0.15) is 0 Å². The Morgan fingerprint density at radius 2 is 1.30 bits per heavy atom. The molecule has 0 aromatic heterocycles. The first-order chi connectivity index (χ1) is 13.1. The first-order valence-corrected chi connectivity index (χ1v) is 10.3. The van der Waals surface area contributed by atoms with Crippen molar-refractivity contribution in [1.29, 1.82) is 0 Å². The van der Waals surface area contributed by atoms with E-state index in [1.807, 2.05) is 0 Å². The number of benzene rings is 1. The Hall–Kier alpha value is -2.04. The first kappa shape index (κ1) is 23.0. The standard InChI is InChI=1S/C22H34O5/c1-4-7-8-9-10-11-12-13-17-25-18-15-14-16-19(26-20(23)5-2)22(18)27-21(24)6-3/h14-16H,4-13,17H2,1-3H3. The van der Waals surface area contributed by atoms with Crippen LogP contribution in [0.4, 0.5) is 0 Å². The number of unbranched alkanes of at least 4 members (excludes halogenated alkanes) is 7. The Morgan fingerprint density at radius 1 is 0.741 bits per heavy atom. The summed E-state index contributed by atoms with van der Waals surface area (Å²) in [4.78, 5) is 23.4. The maximum atomic E-state index is 11.7. The highest BCUT2D eigenvalue weighted by Crippen LogP contribution is 2.38. The number of carbonyl (C=O) groups is 2. The SMILES string of the molecule is CCCCCCCCCCOc1cccc(OC(=O)CC)c1OC(=O)CC. The van der Waals surface area contributed by atoms with Gasteiger partial charge in [-0.3, -0.25) is 9.59 Å². The van der Waals surface area contributed by atoms with Crippen molar-refractivity contribution in [3.8, 4) is 17.2 Å². The van der Waals surface area contributed by atoms with E-state index in [1.165, 1.54) is 38.5 Å². The summed E-state index contributed by atoms with van der Waals surface area (Å²) in [5.74, 6) is 0.0554. The third-order valence-corrected chi connectivity index (χ3v) is 4.22. The van der Waals surface area contributed by atoms with Crippen LogP contribution >= 0.6 is 0 Å². The lowest BCUT2D eigenvalue weighted by molar-refractivity contribution is -0.136. The summed E-state index contributed by atoms with van der Waals surface area (Å²) in [6, 6.07) is 5.06. The molecule has 0 atom stereocenters.